The highest BCUT2D eigenvalue weighted by atomic mass is 16.5. The van der Waals surface area contributed by atoms with E-state index in [1.165, 1.54) is 12.4 Å². The Morgan fingerprint density at radius 3 is 2.11 bits per heavy atom. The molecule has 5 N–H and O–H groups in total. The number of hydrogen-bond donors (Lipinski definition) is 5. The minimum atomic E-state index is -1.28. The smallest absolute Gasteiger partial charge is 0.268 e. The van der Waals surface area contributed by atoms with Crippen molar-refractivity contribution in [1.29, 1.82) is 0 Å². The average Bonchev–Trinajstić information content (AvgIpc) is 2.89. The van der Waals surface area contributed by atoms with Gasteiger partial charge in [-0.15, -0.1) is 0 Å². The van der Waals surface area contributed by atoms with Crippen molar-refractivity contribution in [3.8, 4) is 23.7 Å². The number of benzene rings is 2. The van der Waals surface area contributed by atoms with Crippen LogP contribution in [0.1, 0.15) is 34.0 Å². The van der Waals surface area contributed by atoms with Crippen molar-refractivity contribution < 1.29 is 19.9 Å². The van der Waals surface area contributed by atoms with E-state index in [0.717, 1.165) is 16.9 Å². The molecule has 0 aliphatic rings. The van der Waals surface area contributed by atoms with Crippen LogP contribution in [-0.2, 0) is 11.3 Å². The van der Waals surface area contributed by atoms with Gasteiger partial charge in [-0.25, -0.2) is 10.5 Å². The first-order valence-electron chi connectivity index (χ1n) is 10.7. The molecule has 0 bridgehead atoms. The van der Waals surface area contributed by atoms with Crippen molar-refractivity contribution in [1.82, 2.24) is 15.8 Å². The van der Waals surface area contributed by atoms with Crippen LogP contribution in [0, 0.1) is 23.7 Å². The molecule has 0 fully saturated rings. The fraction of sp³-hybridized carbons (Fsp3) is 0.148. The van der Waals surface area contributed by atoms with Crippen molar-refractivity contribution in [2.45, 2.75) is 25.6 Å². The molecule has 35 heavy (non-hydrogen) atoms. The lowest BCUT2D eigenvalue weighted by molar-refractivity contribution is -0.133. The SMILES string of the molecule is CC(O)C(NC(=O)c1ccc(C#CC#Cc2ccc(CNc3ccccn3)cc2)cc1)C(=O)NO. The Bertz CT molecular complexity index is 1270. The lowest BCUT2D eigenvalue weighted by Crippen LogP contribution is -2.51. The second kappa shape index (κ2) is 12.6. The van der Waals surface area contributed by atoms with Gasteiger partial charge in [-0.05, 0) is 72.9 Å². The molecule has 8 nitrogen and oxygen atoms in total. The van der Waals surface area contributed by atoms with E-state index in [1.54, 1.807) is 30.5 Å². The number of pyridine rings is 1. The molecule has 1 heterocycles. The minimum Gasteiger partial charge on any atom is -0.391 e. The summed E-state index contributed by atoms with van der Waals surface area (Å²) in [5.41, 5.74) is 4.30. The van der Waals surface area contributed by atoms with E-state index < -0.39 is 24.0 Å². The maximum Gasteiger partial charge on any atom is 0.268 e. The highest BCUT2D eigenvalue weighted by molar-refractivity contribution is 5.97. The molecule has 0 saturated carbocycles. The Morgan fingerprint density at radius 2 is 1.57 bits per heavy atom. The highest BCUT2D eigenvalue weighted by Crippen LogP contribution is 2.08. The van der Waals surface area contributed by atoms with Gasteiger partial charge in [0.2, 0.25) is 0 Å². The molecule has 2 atom stereocenters. The number of carbonyl (C=O) groups excluding carboxylic acids is 2. The molecule has 3 rings (SSSR count). The van der Waals surface area contributed by atoms with Crippen LogP contribution in [-0.4, -0.2) is 39.3 Å². The maximum absolute atomic E-state index is 12.3. The van der Waals surface area contributed by atoms with E-state index in [9.17, 15) is 14.7 Å². The molecular formula is C27H24N4O4. The zero-order valence-corrected chi connectivity index (χ0v) is 18.9. The Balaban J connectivity index is 1.54. The van der Waals surface area contributed by atoms with E-state index in [-0.39, 0.29) is 5.56 Å². The van der Waals surface area contributed by atoms with Crippen molar-refractivity contribution in [2.75, 3.05) is 5.32 Å². The van der Waals surface area contributed by atoms with Crippen LogP contribution in [0.5, 0.6) is 0 Å². The molecule has 0 aliphatic carbocycles. The topological polar surface area (TPSA) is 124 Å². The van der Waals surface area contributed by atoms with Gasteiger partial charge in [0.05, 0.1) is 6.10 Å². The lowest BCUT2D eigenvalue weighted by atomic mass is 10.1. The van der Waals surface area contributed by atoms with Crippen LogP contribution in [0.15, 0.2) is 72.9 Å². The molecule has 0 aliphatic heterocycles. The van der Waals surface area contributed by atoms with Crippen LogP contribution >= 0.6 is 0 Å². The summed E-state index contributed by atoms with van der Waals surface area (Å²) in [5.74, 6) is 10.8. The Labute approximate surface area is 203 Å². The Morgan fingerprint density at radius 1 is 0.943 bits per heavy atom. The maximum atomic E-state index is 12.3. The molecule has 0 radical (unpaired) electrons. The van der Waals surface area contributed by atoms with E-state index in [0.29, 0.717) is 12.1 Å². The van der Waals surface area contributed by atoms with Gasteiger partial charge in [-0.2, -0.15) is 0 Å². The van der Waals surface area contributed by atoms with E-state index in [2.05, 4.69) is 39.3 Å². The molecule has 176 valence electrons. The molecule has 8 heteroatoms. The van der Waals surface area contributed by atoms with E-state index >= 15 is 0 Å². The minimum absolute atomic E-state index is 0.274. The number of amides is 2. The third-order valence-corrected chi connectivity index (χ3v) is 4.88. The second-order valence-corrected chi connectivity index (χ2v) is 7.51. The first-order chi connectivity index (χ1) is 17.0. The first-order valence-corrected chi connectivity index (χ1v) is 10.7. The summed E-state index contributed by atoms with van der Waals surface area (Å²) in [6.45, 7) is 1.99. The Hall–Kier alpha value is -4.63. The third-order valence-electron chi connectivity index (χ3n) is 4.88. The van der Waals surface area contributed by atoms with E-state index in [4.69, 9.17) is 5.21 Å². The van der Waals surface area contributed by atoms with Crippen molar-refractivity contribution >= 4 is 17.6 Å². The molecule has 3 aromatic rings. The molecule has 0 saturated heterocycles. The second-order valence-electron chi connectivity index (χ2n) is 7.51. The first kappa shape index (κ1) is 25.0. The van der Waals surface area contributed by atoms with Crippen LogP contribution in [0.3, 0.4) is 0 Å². The number of hydroxylamine groups is 1. The van der Waals surface area contributed by atoms with Gasteiger partial charge in [0.25, 0.3) is 11.8 Å². The quantitative estimate of drug-likeness (QED) is 0.206. The van der Waals surface area contributed by atoms with Gasteiger partial charge in [0, 0.05) is 29.4 Å². The summed E-state index contributed by atoms with van der Waals surface area (Å²) in [5, 5.41) is 24.0. The number of rotatable bonds is 7. The molecule has 2 unspecified atom stereocenters. The summed E-state index contributed by atoms with van der Waals surface area (Å²) < 4.78 is 0. The fourth-order valence-corrected chi connectivity index (χ4v) is 2.98. The van der Waals surface area contributed by atoms with Gasteiger partial charge in [0.1, 0.15) is 11.9 Å². The van der Waals surface area contributed by atoms with Crippen molar-refractivity contribution in [3.63, 3.8) is 0 Å². The highest BCUT2D eigenvalue weighted by Gasteiger charge is 2.25. The van der Waals surface area contributed by atoms with Crippen LogP contribution in [0.2, 0.25) is 0 Å². The number of hydrogen-bond acceptors (Lipinski definition) is 6. The number of nitrogens with zero attached hydrogens (tertiary/aromatic N) is 1. The predicted octanol–water partition coefficient (Wildman–Crippen LogP) is 2.08. The normalized spacial score (nSPS) is 11.5. The van der Waals surface area contributed by atoms with Gasteiger partial charge in [-0.1, -0.05) is 30.0 Å². The number of aliphatic hydroxyl groups excluding tert-OH is 1. The average molecular weight is 469 g/mol. The standard InChI is InChI=1S/C27H24N4O4/c1-19(32)25(27(34)31-35)30-26(33)23-15-13-21(14-16-23)7-3-2-6-20-9-11-22(12-10-20)18-29-24-8-4-5-17-28-24/h4-5,8-17,19,25,32,35H,18H2,1H3,(H,28,29)(H,30,33)(H,31,34). The number of aliphatic hydroxyl groups is 1. The molecule has 2 aromatic carbocycles. The summed E-state index contributed by atoms with van der Waals surface area (Å²) in [4.78, 5) is 28.1. The molecule has 0 spiro atoms. The molecular weight excluding hydrogens is 444 g/mol. The number of aromatic nitrogens is 1. The van der Waals surface area contributed by atoms with Crippen LogP contribution < -0.4 is 16.1 Å². The van der Waals surface area contributed by atoms with Gasteiger partial charge in [0.15, 0.2) is 0 Å². The van der Waals surface area contributed by atoms with Crippen LogP contribution in [0.4, 0.5) is 5.82 Å². The van der Waals surface area contributed by atoms with Crippen molar-refractivity contribution in [3.05, 3.63) is 95.2 Å². The zero-order valence-electron chi connectivity index (χ0n) is 18.9. The lowest BCUT2D eigenvalue weighted by Gasteiger charge is -2.19. The van der Waals surface area contributed by atoms with Gasteiger partial charge in [-0.3, -0.25) is 14.8 Å². The zero-order chi connectivity index (χ0) is 25.0. The van der Waals surface area contributed by atoms with Crippen molar-refractivity contribution in [2.24, 2.45) is 0 Å². The third kappa shape index (κ3) is 7.72. The largest absolute Gasteiger partial charge is 0.391 e. The summed E-state index contributed by atoms with van der Waals surface area (Å²) in [6.07, 6.45) is 0.553. The summed E-state index contributed by atoms with van der Waals surface area (Å²) in [7, 11) is 0. The van der Waals surface area contributed by atoms with E-state index in [1.807, 2.05) is 42.5 Å². The summed E-state index contributed by atoms with van der Waals surface area (Å²) >= 11 is 0. The number of anilines is 1. The Kier molecular flexibility index (Phi) is 8.98. The van der Waals surface area contributed by atoms with Crippen LogP contribution in [0.25, 0.3) is 0 Å². The monoisotopic (exact) mass is 468 g/mol. The fourth-order valence-electron chi connectivity index (χ4n) is 2.98. The molecule has 1 aromatic heterocycles. The predicted molar refractivity (Wildman–Crippen MR) is 131 cm³/mol. The van der Waals surface area contributed by atoms with Gasteiger partial charge >= 0.3 is 0 Å². The number of carbonyl (C=O) groups is 2. The number of nitrogens with one attached hydrogen (secondary N) is 3. The molecule has 2 amide bonds. The summed E-state index contributed by atoms with van der Waals surface area (Å²) in [6, 6.07) is 18.6. The van der Waals surface area contributed by atoms with Gasteiger partial charge < -0.3 is 15.7 Å².